The molecule has 116 valence electrons. The zero-order valence-corrected chi connectivity index (χ0v) is 12.9. The summed E-state index contributed by atoms with van der Waals surface area (Å²) in [6, 6.07) is 3.34. The van der Waals surface area contributed by atoms with Gasteiger partial charge in [-0.25, -0.2) is 0 Å². The molecule has 1 saturated heterocycles. The van der Waals surface area contributed by atoms with Gasteiger partial charge < -0.3 is 9.47 Å². The average Bonchev–Trinajstić information content (AvgIpc) is 2.96. The minimum absolute atomic E-state index is 0.000128. The van der Waals surface area contributed by atoms with Gasteiger partial charge in [-0.05, 0) is 31.4 Å². The number of nitrogens with zero attached hydrogens (tertiary/aromatic N) is 4. The molecule has 0 unspecified atom stereocenters. The first kappa shape index (κ1) is 14.6. The normalized spacial score (nSPS) is 18.5. The topological polar surface area (TPSA) is 60.1 Å². The van der Waals surface area contributed by atoms with Gasteiger partial charge in [0.1, 0.15) is 5.56 Å². The van der Waals surface area contributed by atoms with Gasteiger partial charge in [0.15, 0.2) is 0 Å². The zero-order chi connectivity index (χ0) is 15.7. The number of carbonyl (C=O) groups excluding carboxylic acids is 1. The lowest BCUT2D eigenvalue weighted by molar-refractivity contribution is 0.0609. The van der Waals surface area contributed by atoms with Gasteiger partial charge in [0.05, 0.1) is 12.2 Å². The summed E-state index contributed by atoms with van der Waals surface area (Å²) in [4.78, 5) is 26.9. The quantitative estimate of drug-likeness (QED) is 0.844. The van der Waals surface area contributed by atoms with Crippen molar-refractivity contribution in [3.05, 3.63) is 52.2 Å². The van der Waals surface area contributed by atoms with Gasteiger partial charge in [-0.1, -0.05) is 0 Å². The van der Waals surface area contributed by atoms with E-state index >= 15 is 0 Å². The molecule has 1 fully saturated rings. The van der Waals surface area contributed by atoms with Crippen LogP contribution >= 0.6 is 0 Å². The van der Waals surface area contributed by atoms with Gasteiger partial charge in [-0.15, -0.1) is 0 Å². The highest BCUT2D eigenvalue weighted by atomic mass is 16.2. The molecule has 0 bridgehead atoms. The van der Waals surface area contributed by atoms with Crippen LogP contribution in [0.15, 0.2) is 35.5 Å². The predicted octanol–water partition coefficient (Wildman–Crippen LogP) is 1.49. The second kappa shape index (κ2) is 5.79. The Bertz CT molecular complexity index is 747. The average molecular weight is 300 g/mol. The fourth-order valence-electron chi connectivity index (χ4n) is 3.05. The number of likely N-dealkylation sites (tertiary alicyclic amines) is 1. The molecule has 1 aliphatic heterocycles. The van der Waals surface area contributed by atoms with E-state index in [2.05, 4.69) is 5.10 Å². The molecule has 0 radical (unpaired) electrons. The Labute approximate surface area is 129 Å². The molecule has 0 aliphatic carbocycles. The number of aromatic nitrogens is 3. The standard InChI is InChI=1S/C16H20N4O2/c1-18-8-5-6-13(15(18)21)16(22)20-9-4-3-7-14(20)12-10-17-19(2)11-12/h5-6,8,10-11,14H,3-4,7,9H2,1-2H3/t14-/m0/s1. The Morgan fingerprint density at radius 2 is 2.14 bits per heavy atom. The van der Waals surface area contributed by atoms with E-state index in [0.717, 1.165) is 24.8 Å². The van der Waals surface area contributed by atoms with Crippen molar-refractivity contribution >= 4 is 5.91 Å². The Morgan fingerprint density at radius 3 is 2.86 bits per heavy atom. The first-order valence-corrected chi connectivity index (χ1v) is 7.53. The molecule has 0 spiro atoms. The van der Waals surface area contributed by atoms with Crippen LogP contribution in [0.4, 0.5) is 0 Å². The van der Waals surface area contributed by atoms with E-state index in [9.17, 15) is 9.59 Å². The number of carbonyl (C=O) groups is 1. The third-order valence-corrected chi connectivity index (χ3v) is 4.23. The second-order valence-corrected chi connectivity index (χ2v) is 5.80. The summed E-state index contributed by atoms with van der Waals surface area (Å²) in [6.45, 7) is 0.677. The van der Waals surface area contributed by atoms with Crippen LogP contribution in [0.1, 0.15) is 41.2 Å². The number of pyridine rings is 1. The Hall–Kier alpha value is -2.37. The third-order valence-electron chi connectivity index (χ3n) is 4.23. The molecule has 6 heteroatoms. The fourth-order valence-corrected chi connectivity index (χ4v) is 3.05. The number of amides is 1. The monoisotopic (exact) mass is 300 g/mol. The second-order valence-electron chi connectivity index (χ2n) is 5.80. The fraction of sp³-hybridized carbons (Fsp3) is 0.438. The molecular weight excluding hydrogens is 280 g/mol. The van der Waals surface area contributed by atoms with Crippen LogP contribution in [0.5, 0.6) is 0 Å². The van der Waals surface area contributed by atoms with E-state index in [0.29, 0.717) is 6.54 Å². The molecule has 3 rings (SSSR count). The van der Waals surface area contributed by atoms with Crippen molar-refractivity contribution in [2.45, 2.75) is 25.3 Å². The van der Waals surface area contributed by atoms with Crippen LogP contribution in [0.3, 0.4) is 0 Å². The van der Waals surface area contributed by atoms with E-state index in [4.69, 9.17) is 0 Å². The van der Waals surface area contributed by atoms with Crippen molar-refractivity contribution < 1.29 is 4.79 Å². The molecule has 2 aromatic rings. The number of piperidine rings is 1. The first-order chi connectivity index (χ1) is 10.6. The molecule has 0 N–H and O–H groups in total. The van der Waals surface area contributed by atoms with E-state index in [1.54, 1.807) is 36.3 Å². The van der Waals surface area contributed by atoms with Crippen molar-refractivity contribution in [1.29, 1.82) is 0 Å². The number of hydrogen-bond acceptors (Lipinski definition) is 3. The van der Waals surface area contributed by atoms with Crippen molar-refractivity contribution in [3.8, 4) is 0 Å². The summed E-state index contributed by atoms with van der Waals surface area (Å²) < 4.78 is 3.18. The van der Waals surface area contributed by atoms with Crippen molar-refractivity contribution in [1.82, 2.24) is 19.2 Å². The maximum atomic E-state index is 12.8. The van der Waals surface area contributed by atoms with Gasteiger partial charge >= 0.3 is 0 Å². The highest BCUT2D eigenvalue weighted by molar-refractivity contribution is 5.94. The van der Waals surface area contributed by atoms with Gasteiger partial charge in [0.25, 0.3) is 11.5 Å². The zero-order valence-electron chi connectivity index (χ0n) is 12.9. The molecule has 0 saturated carbocycles. The number of rotatable bonds is 2. The van der Waals surface area contributed by atoms with E-state index in [1.807, 2.05) is 18.1 Å². The molecule has 3 heterocycles. The Kier molecular flexibility index (Phi) is 3.83. The van der Waals surface area contributed by atoms with Crippen molar-refractivity contribution in [2.75, 3.05) is 6.54 Å². The highest BCUT2D eigenvalue weighted by Gasteiger charge is 2.30. The summed E-state index contributed by atoms with van der Waals surface area (Å²) >= 11 is 0. The van der Waals surface area contributed by atoms with Crippen LogP contribution in [0, 0.1) is 0 Å². The molecule has 1 aliphatic rings. The molecule has 1 atom stereocenters. The lowest BCUT2D eigenvalue weighted by atomic mass is 9.96. The maximum Gasteiger partial charge on any atom is 0.263 e. The third kappa shape index (κ3) is 2.56. The van der Waals surface area contributed by atoms with E-state index < -0.39 is 0 Å². The van der Waals surface area contributed by atoms with Crippen LogP contribution in [-0.2, 0) is 14.1 Å². The van der Waals surface area contributed by atoms with Gasteiger partial charge in [0, 0.05) is 38.6 Å². The molecule has 2 aromatic heterocycles. The van der Waals surface area contributed by atoms with Crippen LogP contribution < -0.4 is 5.56 Å². The SMILES string of the molecule is Cn1cc([C@@H]2CCCCN2C(=O)c2cccn(C)c2=O)cn1. The lowest BCUT2D eigenvalue weighted by Crippen LogP contribution is -2.41. The predicted molar refractivity (Wildman–Crippen MR) is 82.5 cm³/mol. The van der Waals surface area contributed by atoms with E-state index in [-0.39, 0.29) is 23.1 Å². The van der Waals surface area contributed by atoms with Crippen molar-refractivity contribution in [2.24, 2.45) is 14.1 Å². The van der Waals surface area contributed by atoms with E-state index in [1.165, 1.54) is 4.57 Å². The summed E-state index contributed by atoms with van der Waals surface area (Å²) in [5.41, 5.74) is 1.02. The largest absolute Gasteiger partial charge is 0.331 e. The highest BCUT2D eigenvalue weighted by Crippen LogP contribution is 2.31. The Balaban J connectivity index is 1.95. The first-order valence-electron chi connectivity index (χ1n) is 7.53. The minimum Gasteiger partial charge on any atom is -0.331 e. The summed E-state index contributed by atoms with van der Waals surface area (Å²) in [5.74, 6) is -0.185. The molecular formula is C16H20N4O2. The van der Waals surface area contributed by atoms with Gasteiger partial charge in [0.2, 0.25) is 0 Å². The summed E-state index contributed by atoms with van der Waals surface area (Å²) in [5, 5.41) is 4.20. The van der Waals surface area contributed by atoms with Gasteiger partial charge in [-0.3, -0.25) is 14.3 Å². The molecule has 0 aromatic carbocycles. The maximum absolute atomic E-state index is 12.8. The van der Waals surface area contributed by atoms with Crippen LogP contribution in [-0.4, -0.2) is 31.7 Å². The number of aryl methyl sites for hydroxylation is 2. The minimum atomic E-state index is -0.247. The molecule has 22 heavy (non-hydrogen) atoms. The lowest BCUT2D eigenvalue weighted by Gasteiger charge is -2.35. The molecule has 1 amide bonds. The van der Waals surface area contributed by atoms with Gasteiger partial charge in [-0.2, -0.15) is 5.10 Å². The summed E-state index contributed by atoms with van der Waals surface area (Å²) in [6.07, 6.45) is 8.36. The molecule has 6 nitrogen and oxygen atoms in total. The van der Waals surface area contributed by atoms with Crippen LogP contribution in [0.2, 0.25) is 0 Å². The van der Waals surface area contributed by atoms with Crippen LogP contribution in [0.25, 0.3) is 0 Å². The summed E-state index contributed by atoms with van der Waals surface area (Å²) in [7, 11) is 3.53. The van der Waals surface area contributed by atoms with Crippen molar-refractivity contribution in [3.63, 3.8) is 0 Å². The Morgan fingerprint density at radius 1 is 1.32 bits per heavy atom. The smallest absolute Gasteiger partial charge is 0.263 e. The number of hydrogen-bond donors (Lipinski definition) is 0.